The van der Waals surface area contributed by atoms with Crippen molar-refractivity contribution in [2.24, 2.45) is 7.05 Å². The van der Waals surface area contributed by atoms with E-state index in [0.717, 1.165) is 5.69 Å². The summed E-state index contributed by atoms with van der Waals surface area (Å²) in [6.07, 6.45) is 3.45. The molecule has 0 unspecified atom stereocenters. The lowest BCUT2D eigenvalue weighted by Gasteiger charge is -2.08. The van der Waals surface area contributed by atoms with Gasteiger partial charge in [-0.25, -0.2) is 0 Å². The second-order valence-electron chi connectivity index (χ2n) is 5.61. The summed E-state index contributed by atoms with van der Waals surface area (Å²) in [7, 11) is 1.74. The highest BCUT2D eigenvalue weighted by atomic mass is 16.2. The SMILES string of the molecule is Cc1ccn(CC(=O)Nc2cccc(NC(=O)c3ccn(C)n3)c2)n1. The Labute approximate surface area is 144 Å². The summed E-state index contributed by atoms with van der Waals surface area (Å²) in [5.74, 6) is -0.507. The first-order valence-corrected chi connectivity index (χ1v) is 7.70. The molecule has 3 rings (SSSR count). The number of hydrogen-bond acceptors (Lipinski definition) is 4. The zero-order valence-corrected chi connectivity index (χ0v) is 13.9. The molecule has 2 N–H and O–H groups in total. The molecule has 2 amide bonds. The first-order valence-electron chi connectivity index (χ1n) is 7.70. The van der Waals surface area contributed by atoms with Crippen LogP contribution in [-0.4, -0.2) is 31.4 Å². The van der Waals surface area contributed by atoms with E-state index >= 15 is 0 Å². The Morgan fingerprint density at radius 3 is 2.44 bits per heavy atom. The molecule has 0 aliphatic carbocycles. The highest BCUT2D eigenvalue weighted by Gasteiger charge is 2.10. The van der Waals surface area contributed by atoms with E-state index in [-0.39, 0.29) is 18.4 Å². The molecule has 8 heteroatoms. The number of amides is 2. The second kappa shape index (κ2) is 7.00. The van der Waals surface area contributed by atoms with Crippen molar-refractivity contribution in [3.63, 3.8) is 0 Å². The van der Waals surface area contributed by atoms with Crippen molar-refractivity contribution in [1.82, 2.24) is 19.6 Å². The van der Waals surface area contributed by atoms with Gasteiger partial charge in [0.05, 0.1) is 5.69 Å². The van der Waals surface area contributed by atoms with E-state index in [1.165, 1.54) is 0 Å². The summed E-state index contributed by atoms with van der Waals surface area (Å²) in [5.41, 5.74) is 2.34. The minimum absolute atomic E-state index is 0.123. The highest BCUT2D eigenvalue weighted by molar-refractivity contribution is 6.03. The monoisotopic (exact) mass is 338 g/mol. The Kier molecular flexibility index (Phi) is 4.60. The summed E-state index contributed by atoms with van der Waals surface area (Å²) in [6, 6.07) is 10.4. The standard InChI is InChI=1S/C17H18N6O2/c1-12-6-9-23(20-12)11-16(24)18-13-4-3-5-14(10-13)19-17(25)15-7-8-22(2)21-15/h3-10H,11H2,1-2H3,(H,18,24)(H,19,25). The molecule has 2 heterocycles. The fourth-order valence-corrected chi connectivity index (χ4v) is 2.30. The molecule has 25 heavy (non-hydrogen) atoms. The second-order valence-corrected chi connectivity index (χ2v) is 5.61. The molecular weight excluding hydrogens is 320 g/mol. The van der Waals surface area contributed by atoms with Gasteiger partial charge in [0, 0.05) is 30.8 Å². The van der Waals surface area contributed by atoms with Crippen LogP contribution in [0.3, 0.4) is 0 Å². The van der Waals surface area contributed by atoms with E-state index in [9.17, 15) is 9.59 Å². The van der Waals surface area contributed by atoms with Crippen LogP contribution in [-0.2, 0) is 18.4 Å². The summed E-state index contributed by atoms with van der Waals surface area (Å²) in [5, 5.41) is 13.8. The van der Waals surface area contributed by atoms with Crippen LogP contribution in [0.25, 0.3) is 0 Å². The van der Waals surface area contributed by atoms with E-state index < -0.39 is 0 Å². The van der Waals surface area contributed by atoms with Gasteiger partial charge in [-0.2, -0.15) is 10.2 Å². The first-order chi connectivity index (χ1) is 12.0. The normalized spacial score (nSPS) is 10.5. The number of aryl methyl sites for hydroxylation is 2. The number of carbonyl (C=O) groups is 2. The van der Waals surface area contributed by atoms with Gasteiger partial charge in [0.2, 0.25) is 5.91 Å². The molecule has 0 bridgehead atoms. The highest BCUT2D eigenvalue weighted by Crippen LogP contribution is 2.16. The third-order valence-corrected chi connectivity index (χ3v) is 3.43. The Bertz CT molecular complexity index is 911. The van der Waals surface area contributed by atoms with Gasteiger partial charge in [-0.1, -0.05) is 6.07 Å². The number of aromatic nitrogens is 4. The van der Waals surface area contributed by atoms with Crippen molar-refractivity contribution in [2.45, 2.75) is 13.5 Å². The molecule has 0 aliphatic heterocycles. The quantitative estimate of drug-likeness (QED) is 0.742. The lowest BCUT2D eigenvalue weighted by molar-refractivity contribution is -0.116. The third kappa shape index (κ3) is 4.31. The molecule has 0 saturated carbocycles. The van der Waals surface area contributed by atoms with Crippen LogP contribution < -0.4 is 10.6 Å². The van der Waals surface area contributed by atoms with Crippen LogP contribution in [0.15, 0.2) is 48.8 Å². The fourth-order valence-electron chi connectivity index (χ4n) is 2.30. The summed E-state index contributed by atoms with van der Waals surface area (Å²) >= 11 is 0. The number of hydrogen-bond donors (Lipinski definition) is 2. The van der Waals surface area contributed by atoms with E-state index in [1.807, 2.05) is 13.0 Å². The summed E-state index contributed by atoms with van der Waals surface area (Å²) < 4.78 is 3.12. The smallest absolute Gasteiger partial charge is 0.276 e. The molecular formula is C17H18N6O2. The third-order valence-electron chi connectivity index (χ3n) is 3.43. The predicted octanol–water partition coefficient (Wildman–Crippen LogP) is 1.82. The molecule has 0 radical (unpaired) electrons. The van der Waals surface area contributed by atoms with E-state index in [2.05, 4.69) is 20.8 Å². The fraction of sp³-hybridized carbons (Fsp3) is 0.176. The Balaban J connectivity index is 1.62. The van der Waals surface area contributed by atoms with Crippen molar-refractivity contribution < 1.29 is 9.59 Å². The van der Waals surface area contributed by atoms with E-state index in [1.54, 1.807) is 59.1 Å². The molecule has 1 aromatic carbocycles. The number of rotatable bonds is 5. The van der Waals surface area contributed by atoms with Crippen molar-refractivity contribution in [3.05, 3.63) is 60.2 Å². The van der Waals surface area contributed by atoms with Crippen LogP contribution >= 0.6 is 0 Å². The Hall–Kier alpha value is -3.42. The van der Waals surface area contributed by atoms with Crippen LogP contribution in [0.1, 0.15) is 16.2 Å². The largest absolute Gasteiger partial charge is 0.324 e. The summed E-state index contributed by atoms with van der Waals surface area (Å²) in [6.45, 7) is 1.99. The predicted molar refractivity (Wildman–Crippen MR) is 93.2 cm³/mol. The van der Waals surface area contributed by atoms with Crippen molar-refractivity contribution in [2.75, 3.05) is 10.6 Å². The number of nitrogens with one attached hydrogen (secondary N) is 2. The zero-order valence-electron chi connectivity index (χ0n) is 13.9. The molecule has 0 aliphatic rings. The van der Waals surface area contributed by atoms with Gasteiger partial charge >= 0.3 is 0 Å². The van der Waals surface area contributed by atoms with Gasteiger partial charge in [-0.15, -0.1) is 0 Å². The molecule has 0 saturated heterocycles. The number of nitrogens with zero attached hydrogens (tertiary/aromatic N) is 4. The molecule has 0 spiro atoms. The maximum absolute atomic E-state index is 12.1. The van der Waals surface area contributed by atoms with Crippen LogP contribution in [0.5, 0.6) is 0 Å². The molecule has 3 aromatic rings. The van der Waals surface area contributed by atoms with Gasteiger partial charge in [0.15, 0.2) is 5.69 Å². The van der Waals surface area contributed by atoms with Crippen molar-refractivity contribution >= 4 is 23.2 Å². The van der Waals surface area contributed by atoms with E-state index in [4.69, 9.17) is 0 Å². The molecule has 8 nitrogen and oxygen atoms in total. The summed E-state index contributed by atoms with van der Waals surface area (Å²) in [4.78, 5) is 24.2. The van der Waals surface area contributed by atoms with Crippen molar-refractivity contribution in [3.8, 4) is 0 Å². The Morgan fingerprint density at radius 2 is 1.80 bits per heavy atom. The lowest BCUT2D eigenvalue weighted by Crippen LogP contribution is -2.19. The van der Waals surface area contributed by atoms with Gasteiger partial charge in [-0.05, 0) is 37.3 Å². The Morgan fingerprint density at radius 1 is 1.04 bits per heavy atom. The van der Waals surface area contributed by atoms with Crippen LogP contribution in [0.2, 0.25) is 0 Å². The average molecular weight is 338 g/mol. The van der Waals surface area contributed by atoms with Gasteiger partial charge < -0.3 is 10.6 Å². The topological polar surface area (TPSA) is 93.8 Å². The molecule has 128 valence electrons. The molecule has 2 aromatic heterocycles. The van der Waals surface area contributed by atoms with E-state index in [0.29, 0.717) is 17.1 Å². The van der Waals surface area contributed by atoms with Crippen LogP contribution in [0, 0.1) is 6.92 Å². The maximum atomic E-state index is 12.1. The zero-order chi connectivity index (χ0) is 17.8. The minimum Gasteiger partial charge on any atom is -0.324 e. The number of anilines is 2. The molecule has 0 atom stereocenters. The first kappa shape index (κ1) is 16.4. The number of benzene rings is 1. The van der Waals surface area contributed by atoms with Gasteiger partial charge in [0.25, 0.3) is 5.91 Å². The lowest BCUT2D eigenvalue weighted by atomic mass is 10.2. The van der Waals surface area contributed by atoms with Crippen molar-refractivity contribution in [1.29, 1.82) is 0 Å². The minimum atomic E-state index is -0.309. The number of carbonyl (C=O) groups excluding carboxylic acids is 2. The van der Waals surface area contributed by atoms with Gasteiger partial charge in [0.1, 0.15) is 6.54 Å². The van der Waals surface area contributed by atoms with Crippen LogP contribution in [0.4, 0.5) is 11.4 Å². The molecule has 0 fully saturated rings. The average Bonchev–Trinajstić information content (AvgIpc) is 3.16. The maximum Gasteiger partial charge on any atom is 0.276 e. The van der Waals surface area contributed by atoms with Gasteiger partial charge in [-0.3, -0.25) is 19.0 Å².